The van der Waals surface area contributed by atoms with E-state index in [0.717, 1.165) is 25.9 Å². The molecule has 8 nitrogen and oxygen atoms in total. The topological polar surface area (TPSA) is 117 Å². The van der Waals surface area contributed by atoms with Gasteiger partial charge in [-0.2, -0.15) is 0 Å². The van der Waals surface area contributed by atoms with Gasteiger partial charge in [-0.1, -0.05) is 0 Å². The van der Waals surface area contributed by atoms with Crippen molar-refractivity contribution in [3.05, 3.63) is 11.9 Å². The highest BCUT2D eigenvalue weighted by Gasteiger charge is 2.25. The van der Waals surface area contributed by atoms with Crippen LogP contribution in [0.3, 0.4) is 0 Å². The number of nitrogens with two attached hydrogens (primary N) is 1. The highest BCUT2D eigenvalue weighted by Crippen LogP contribution is 2.23. The van der Waals surface area contributed by atoms with Gasteiger partial charge in [0, 0.05) is 25.3 Å². The Kier molecular flexibility index (Phi) is 5.02. The zero-order valence-corrected chi connectivity index (χ0v) is 13.8. The van der Waals surface area contributed by atoms with Crippen molar-refractivity contribution < 1.29 is 9.53 Å². The number of carbonyl (C=O) groups excluding carboxylic acids is 1. The number of nitrogens with zero attached hydrogens (tertiary/aromatic N) is 3. The van der Waals surface area contributed by atoms with E-state index in [1.807, 2.05) is 20.8 Å². The van der Waals surface area contributed by atoms with Gasteiger partial charge in [-0.15, -0.1) is 0 Å². The number of ether oxygens (including phenoxy) is 1. The molecule has 126 valence electrons. The van der Waals surface area contributed by atoms with Gasteiger partial charge in [0.2, 0.25) is 0 Å². The summed E-state index contributed by atoms with van der Waals surface area (Å²) >= 11 is 0. The summed E-state index contributed by atoms with van der Waals surface area (Å²) in [5.41, 5.74) is 5.82. The number of aromatic nitrogens is 2. The minimum absolute atomic E-state index is 0.0729. The molecular weight excluding hydrogens is 296 g/mol. The number of hydrogen-bond acceptors (Lipinski definition) is 7. The van der Waals surface area contributed by atoms with Crippen LogP contribution in [0.2, 0.25) is 0 Å². The maximum Gasteiger partial charge on any atom is 0.407 e. The number of nitrogen functional groups attached to an aromatic ring is 1. The second kappa shape index (κ2) is 6.80. The van der Waals surface area contributed by atoms with Crippen LogP contribution in [0.15, 0.2) is 6.33 Å². The maximum atomic E-state index is 11.8. The molecule has 1 amide bonds. The van der Waals surface area contributed by atoms with Gasteiger partial charge in [-0.05, 0) is 33.6 Å². The predicted molar refractivity (Wildman–Crippen MR) is 88.9 cm³/mol. The zero-order chi connectivity index (χ0) is 17.0. The van der Waals surface area contributed by atoms with Crippen molar-refractivity contribution in [2.24, 2.45) is 0 Å². The van der Waals surface area contributed by atoms with Crippen LogP contribution >= 0.6 is 0 Å². The molecule has 0 atom stereocenters. The van der Waals surface area contributed by atoms with E-state index in [1.165, 1.54) is 12.5 Å². The minimum atomic E-state index is -0.498. The lowest BCUT2D eigenvalue weighted by Gasteiger charge is -2.34. The zero-order valence-electron chi connectivity index (χ0n) is 13.8. The second-order valence-corrected chi connectivity index (χ2v) is 6.55. The molecule has 2 rings (SSSR count). The van der Waals surface area contributed by atoms with Crippen molar-refractivity contribution in [1.29, 1.82) is 5.41 Å². The Labute approximate surface area is 135 Å². The molecule has 4 N–H and O–H groups in total. The number of alkyl carbamates (subject to hydrolysis) is 1. The van der Waals surface area contributed by atoms with Crippen LogP contribution in [0.25, 0.3) is 0 Å². The SMILES string of the molecule is CC(C)(C)OC(=O)NC1CCN(c2ncnc(N)c2C=N)CC1. The van der Waals surface area contributed by atoms with E-state index in [2.05, 4.69) is 20.2 Å². The van der Waals surface area contributed by atoms with Crippen LogP contribution in [0.5, 0.6) is 0 Å². The van der Waals surface area contributed by atoms with E-state index < -0.39 is 5.60 Å². The summed E-state index contributed by atoms with van der Waals surface area (Å²) in [6.07, 6.45) is 3.75. The molecule has 1 aromatic heterocycles. The van der Waals surface area contributed by atoms with Gasteiger partial charge < -0.3 is 26.1 Å². The number of rotatable bonds is 3. The van der Waals surface area contributed by atoms with Crippen molar-refractivity contribution in [3.8, 4) is 0 Å². The lowest BCUT2D eigenvalue weighted by atomic mass is 10.0. The normalized spacial score (nSPS) is 16.0. The summed E-state index contributed by atoms with van der Waals surface area (Å²) < 4.78 is 5.27. The van der Waals surface area contributed by atoms with Crippen molar-refractivity contribution >= 4 is 23.9 Å². The predicted octanol–water partition coefficient (Wildman–Crippen LogP) is 1.55. The van der Waals surface area contributed by atoms with Gasteiger partial charge >= 0.3 is 6.09 Å². The summed E-state index contributed by atoms with van der Waals surface area (Å²) in [7, 11) is 0. The summed E-state index contributed by atoms with van der Waals surface area (Å²) in [6.45, 7) is 6.96. The van der Waals surface area contributed by atoms with Crippen LogP contribution in [0.4, 0.5) is 16.4 Å². The third-order valence-electron chi connectivity index (χ3n) is 3.55. The first-order valence-electron chi connectivity index (χ1n) is 7.65. The standard InChI is InChI=1S/C15H24N6O2/c1-15(2,3)23-14(22)20-10-4-6-21(7-5-10)13-11(8-16)12(17)18-9-19-13/h8-10,16H,4-7H2,1-3H3,(H,20,22)(H2,17,18,19). The average molecular weight is 320 g/mol. The first kappa shape index (κ1) is 17.0. The van der Waals surface area contributed by atoms with Gasteiger partial charge in [0.25, 0.3) is 0 Å². The number of anilines is 2. The van der Waals surface area contributed by atoms with Crippen molar-refractivity contribution in [1.82, 2.24) is 15.3 Å². The van der Waals surface area contributed by atoms with E-state index >= 15 is 0 Å². The fraction of sp³-hybridized carbons (Fsp3) is 0.600. The largest absolute Gasteiger partial charge is 0.444 e. The van der Waals surface area contributed by atoms with E-state index in [4.69, 9.17) is 15.9 Å². The van der Waals surface area contributed by atoms with E-state index in [1.54, 1.807) is 0 Å². The molecule has 0 aliphatic carbocycles. The molecule has 0 saturated carbocycles. The van der Waals surface area contributed by atoms with Gasteiger partial charge in [-0.25, -0.2) is 14.8 Å². The van der Waals surface area contributed by atoms with Crippen molar-refractivity contribution in [2.75, 3.05) is 23.7 Å². The molecule has 1 aliphatic rings. The first-order chi connectivity index (χ1) is 10.8. The third-order valence-corrected chi connectivity index (χ3v) is 3.55. The Balaban J connectivity index is 1.93. The molecule has 0 radical (unpaired) electrons. The molecule has 0 aromatic carbocycles. The van der Waals surface area contributed by atoms with Crippen molar-refractivity contribution in [2.45, 2.75) is 45.3 Å². The van der Waals surface area contributed by atoms with Crippen LogP contribution in [0.1, 0.15) is 39.2 Å². The third kappa shape index (κ3) is 4.54. The minimum Gasteiger partial charge on any atom is -0.444 e. The molecule has 8 heteroatoms. The highest BCUT2D eigenvalue weighted by atomic mass is 16.6. The van der Waals surface area contributed by atoms with E-state index in [-0.39, 0.29) is 12.1 Å². The fourth-order valence-electron chi connectivity index (χ4n) is 2.50. The quantitative estimate of drug-likeness (QED) is 0.727. The molecule has 1 fully saturated rings. The van der Waals surface area contributed by atoms with Crippen LogP contribution < -0.4 is 16.0 Å². The Bertz CT molecular complexity index is 576. The summed E-state index contributed by atoms with van der Waals surface area (Å²) in [5.74, 6) is 0.974. The maximum absolute atomic E-state index is 11.8. The summed E-state index contributed by atoms with van der Waals surface area (Å²) in [6, 6.07) is 0.0729. The number of amides is 1. The Hall–Kier alpha value is -2.38. The van der Waals surface area contributed by atoms with Gasteiger partial charge in [0.05, 0.1) is 5.56 Å². The highest BCUT2D eigenvalue weighted by molar-refractivity contribution is 5.90. The molecule has 1 saturated heterocycles. The summed E-state index contributed by atoms with van der Waals surface area (Å²) in [5, 5.41) is 10.4. The summed E-state index contributed by atoms with van der Waals surface area (Å²) in [4.78, 5) is 22.0. The Morgan fingerprint density at radius 3 is 2.65 bits per heavy atom. The van der Waals surface area contributed by atoms with E-state index in [9.17, 15) is 4.79 Å². The molecule has 1 aromatic rings. The number of hydrogen-bond donors (Lipinski definition) is 3. The molecule has 1 aliphatic heterocycles. The van der Waals surface area contributed by atoms with Gasteiger partial charge in [0.15, 0.2) is 0 Å². The molecular formula is C15H24N6O2. The van der Waals surface area contributed by atoms with E-state index in [0.29, 0.717) is 17.2 Å². The lowest BCUT2D eigenvalue weighted by Crippen LogP contribution is -2.46. The Morgan fingerprint density at radius 2 is 2.09 bits per heavy atom. The monoisotopic (exact) mass is 320 g/mol. The smallest absolute Gasteiger partial charge is 0.407 e. The fourth-order valence-corrected chi connectivity index (χ4v) is 2.50. The van der Waals surface area contributed by atoms with Crippen molar-refractivity contribution in [3.63, 3.8) is 0 Å². The molecule has 0 bridgehead atoms. The van der Waals surface area contributed by atoms with Gasteiger partial charge in [-0.3, -0.25) is 0 Å². The van der Waals surface area contributed by atoms with Gasteiger partial charge in [0.1, 0.15) is 23.6 Å². The second-order valence-electron chi connectivity index (χ2n) is 6.55. The molecule has 23 heavy (non-hydrogen) atoms. The number of piperidine rings is 1. The number of nitrogens with one attached hydrogen (secondary N) is 2. The van der Waals surface area contributed by atoms with Crippen LogP contribution in [-0.2, 0) is 4.74 Å². The van der Waals surface area contributed by atoms with Crippen LogP contribution in [0, 0.1) is 5.41 Å². The first-order valence-corrected chi connectivity index (χ1v) is 7.65. The van der Waals surface area contributed by atoms with Crippen LogP contribution in [-0.4, -0.2) is 47.0 Å². The molecule has 0 spiro atoms. The molecule has 0 unspecified atom stereocenters. The number of carbonyl (C=O) groups is 1. The lowest BCUT2D eigenvalue weighted by molar-refractivity contribution is 0.0497. The molecule has 2 heterocycles. The average Bonchev–Trinajstić information content (AvgIpc) is 2.45. The Morgan fingerprint density at radius 1 is 1.43 bits per heavy atom.